The van der Waals surface area contributed by atoms with Gasteiger partial charge in [0.25, 0.3) is 0 Å². The maximum absolute atomic E-state index is 11.1. The van der Waals surface area contributed by atoms with E-state index in [-0.39, 0.29) is 5.78 Å². The van der Waals surface area contributed by atoms with Crippen LogP contribution in [-0.2, 0) is 0 Å². The molecule has 1 rings (SSSR count). The van der Waals surface area contributed by atoms with E-state index in [0.717, 1.165) is 5.56 Å². The minimum atomic E-state index is -0.0403. The summed E-state index contributed by atoms with van der Waals surface area (Å²) in [5.41, 5.74) is 6.65. The predicted molar refractivity (Wildman–Crippen MR) is 62.0 cm³/mol. The molecule has 0 amide bonds. The number of carbonyl (C=O) groups excluding carboxylic acids is 1. The molecule has 0 aliphatic carbocycles. The van der Waals surface area contributed by atoms with Gasteiger partial charge in [-0.1, -0.05) is 23.4 Å². The average Bonchev–Trinajstić information content (AvgIpc) is 2.17. The van der Waals surface area contributed by atoms with Crippen LogP contribution < -0.4 is 5.73 Å². The number of hydrogen-bond donors (Lipinski definition) is 1. The Morgan fingerprint density at radius 3 is 2.80 bits per heavy atom. The zero-order chi connectivity index (χ0) is 11.3. The highest BCUT2D eigenvalue weighted by atomic mass is 35.5. The van der Waals surface area contributed by atoms with E-state index in [1.165, 1.54) is 6.92 Å². The van der Waals surface area contributed by atoms with Gasteiger partial charge in [-0.3, -0.25) is 4.79 Å². The largest absolute Gasteiger partial charge is 0.330 e. The van der Waals surface area contributed by atoms with Crippen LogP contribution in [0.25, 0.3) is 0 Å². The average molecular weight is 222 g/mol. The lowest BCUT2D eigenvalue weighted by Gasteiger charge is -1.99. The van der Waals surface area contributed by atoms with Gasteiger partial charge in [0.15, 0.2) is 5.78 Å². The van der Waals surface area contributed by atoms with Crippen molar-refractivity contribution in [1.29, 1.82) is 0 Å². The quantitative estimate of drug-likeness (QED) is 0.615. The fourth-order valence-electron chi connectivity index (χ4n) is 1.12. The highest BCUT2D eigenvalue weighted by Gasteiger charge is 2.04. The lowest BCUT2D eigenvalue weighted by atomic mass is 10.1. The van der Waals surface area contributed by atoms with Gasteiger partial charge in [0.05, 0.1) is 5.02 Å². The molecular formula is C12H12ClNO. The summed E-state index contributed by atoms with van der Waals surface area (Å²) in [6.07, 6.45) is 0.659. The van der Waals surface area contributed by atoms with Crippen molar-refractivity contribution >= 4 is 17.4 Å². The maximum atomic E-state index is 11.1. The van der Waals surface area contributed by atoms with Gasteiger partial charge in [0.1, 0.15) is 0 Å². The molecule has 0 saturated carbocycles. The second kappa shape index (κ2) is 5.55. The number of nitrogens with two attached hydrogens (primary N) is 1. The minimum absolute atomic E-state index is 0.0403. The summed E-state index contributed by atoms with van der Waals surface area (Å²) in [5.74, 6) is 5.80. The Bertz CT molecular complexity index is 429. The lowest BCUT2D eigenvalue weighted by Crippen LogP contribution is -1.95. The van der Waals surface area contributed by atoms with E-state index in [0.29, 0.717) is 23.6 Å². The summed E-state index contributed by atoms with van der Waals surface area (Å²) in [7, 11) is 0. The van der Waals surface area contributed by atoms with Crippen molar-refractivity contribution in [3.8, 4) is 11.8 Å². The number of Topliss-reactive ketones (excluding diaryl/α,β-unsaturated/α-hetero) is 1. The molecule has 0 aromatic heterocycles. The van der Waals surface area contributed by atoms with Gasteiger partial charge in [-0.2, -0.15) is 0 Å². The van der Waals surface area contributed by atoms with Crippen molar-refractivity contribution in [1.82, 2.24) is 0 Å². The Morgan fingerprint density at radius 1 is 1.53 bits per heavy atom. The molecule has 0 bridgehead atoms. The topological polar surface area (TPSA) is 43.1 Å². The molecule has 1 aromatic carbocycles. The summed E-state index contributed by atoms with van der Waals surface area (Å²) in [5, 5.41) is 0.446. The molecule has 0 aliphatic rings. The first kappa shape index (κ1) is 11.8. The summed E-state index contributed by atoms with van der Waals surface area (Å²) in [6, 6.07) is 5.17. The summed E-state index contributed by atoms with van der Waals surface area (Å²) in [4.78, 5) is 11.1. The maximum Gasteiger partial charge on any atom is 0.161 e. The molecule has 0 unspecified atom stereocenters. The Labute approximate surface area is 94.4 Å². The van der Waals surface area contributed by atoms with Crippen LogP contribution in [0.15, 0.2) is 18.2 Å². The second-order valence-corrected chi connectivity index (χ2v) is 3.50. The van der Waals surface area contributed by atoms with E-state index in [9.17, 15) is 4.79 Å². The Balaban J connectivity index is 2.93. The van der Waals surface area contributed by atoms with Crippen LogP contribution in [0.3, 0.4) is 0 Å². The van der Waals surface area contributed by atoms with E-state index in [2.05, 4.69) is 11.8 Å². The van der Waals surface area contributed by atoms with Gasteiger partial charge >= 0.3 is 0 Å². The molecule has 0 fully saturated rings. The Hall–Kier alpha value is -1.30. The molecule has 1 aromatic rings. The molecule has 0 heterocycles. The molecule has 0 spiro atoms. The zero-order valence-corrected chi connectivity index (χ0v) is 9.27. The van der Waals surface area contributed by atoms with E-state index in [1.54, 1.807) is 18.2 Å². The van der Waals surface area contributed by atoms with E-state index >= 15 is 0 Å². The highest BCUT2D eigenvalue weighted by Crippen LogP contribution is 2.17. The molecule has 0 aliphatic heterocycles. The molecule has 3 heteroatoms. The third kappa shape index (κ3) is 3.39. The molecule has 0 atom stereocenters. The lowest BCUT2D eigenvalue weighted by molar-refractivity contribution is 0.101. The molecule has 2 nitrogen and oxygen atoms in total. The molecular weight excluding hydrogens is 210 g/mol. The first-order chi connectivity index (χ1) is 7.15. The van der Waals surface area contributed by atoms with Gasteiger partial charge < -0.3 is 5.73 Å². The number of halogens is 1. The summed E-state index contributed by atoms with van der Waals surface area (Å²) < 4.78 is 0. The number of carbonyl (C=O) groups is 1. The minimum Gasteiger partial charge on any atom is -0.330 e. The third-order valence-electron chi connectivity index (χ3n) is 1.85. The fraction of sp³-hybridized carbons (Fsp3) is 0.250. The van der Waals surface area contributed by atoms with Gasteiger partial charge in [-0.25, -0.2) is 0 Å². The van der Waals surface area contributed by atoms with Crippen LogP contribution in [0.4, 0.5) is 0 Å². The fourth-order valence-corrected chi connectivity index (χ4v) is 1.43. The molecule has 0 saturated heterocycles. The number of rotatable bonds is 2. The number of benzene rings is 1. The Morgan fingerprint density at radius 2 is 2.27 bits per heavy atom. The Kier molecular flexibility index (Phi) is 4.36. The van der Waals surface area contributed by atoms with E-state index < -0.39 is 0 Å². The summed E-state index contributed by atoms with van der Waals surface area (Å²) >= 11 is 5.92. The third-order valence-corrected chi connectivity index (χ3v) is 2.16. The smallest absolute Gasteiger partial charge is 0.161 e. The van der Waals surface area contributed by atoms with E-state index in [4.69, 9.17) is 17.3 Å². The number of hydrogen-bond acceptors (Lipinski definition) is 2. The second-order valence-electron chi connectivity index (χ2n) is 3.09. The van der Waals surface area contributed by atoms with Crippen LogP contribution in [-0.4, -0.2) is 12.3 Å². The first-order valence-corrected chi connectivity index (χ1v) is 5.02. The van der Waals surface area contributed by atoms with Crippen molar-refractivity contribution in [2.24, 2.45) is 5.73 Å². The van der Waals surface area contributed by atoms with Gasteiger partial charge in [-0.15, -0.1) is 0 Å². The van der Waals surface area contributed by atoms with Crippen LogP contribution in [0.1, 0.15) is 29.3 Å². The number of ketones is 1. The van der Waals surface area contributed by atoms with Crippen molar-refractivity contribution in [2.45, 2.75) is 13.3 Å². The van der Waals surface area contributed by atoms with Crippen LogP contribution >= 0.6 is 11.6 Å². The van der Waals surface area contributed by atoms with E-state index in [1.807, 2.05) is 0 Å². The predicted octanol–water partition coefficient (Wildman–Crippen LogP) is 2.24. The standard InChI is InChI=1S/C12H12ClNO/c1-9(15)11-6-5-10(8-12(11)13)4-2-3-7-14/h5-6,8H,3,7,14H2,1H3. The van der Waals surface area contributed by atoms with Crippen LogP contribution in [0.5, 0.6) is 0 Å². The van der Waals surface area contributed by atoms with Crippen LogP contribution in [0, 0.1) is 11.8 Å². The van der Waals surface area contributed by atoms with Gasteiger partial charge in [0.2, 0.25) is 0 Å². The van der Waals surface area contributed by atoms with Crippen molar-refractivity contribution in [3.63, 3.8) is 0 Å². The first-order valence-electron chi connectivity index (χ1n) is 4.64. The zero-order valence-electron chi connectivity index (χ0n) is 8.51. The molecule has 0 radical (unpaired) electrons. The highest BCUT2D eigenvalue weighted by molar-refractivity contribution is 6.33. The normalized spacial score (nSPS) is 9.27. The summed E-state index contributed by atoms with van der Waals surface area (Å²) in [6.45, 7) is 2.03. The molecule has 15 heavy (non-hydrogen) atoms. The molecule has 2 N–H and O–H groups in total. The van der Waals surface area contributed by atoms with Crippen molar-refractivity contribution < 1.29 is 4.79 Å². The van der Waals surface area contributed by atoms with Crippen molar-refractivity contribution in [2.75, 3.05) is 6.54 Å². The van der Waals surface area contributed by atoms with Gasteiger partial charge in [-0.05, 0) is 25.1 Å². The monoisotopic (exact) mass is 221 g/mol. The van der Waals surface area contributed by atoms with Gasteiger partial charge in [0, 0.05) is 24.1 Å². The van der Waals surface area contributed by atoms with Crippen molar-refractivity contribution in [3.05, 3.63) is 34.3 Å². The van der Waals surface area contributed by atoms with Crippen LogP contribution in [0.2, 0.25) is 5.02 Å². The molecule has 78 valence electrons. The SMILES string of the molecule is CC(=O)c1ccc(C#CCCN)cc1Cl.